The number of methoxy groups -OCH3 is 1. The fourth-order valence-electron chi connectivity index (χ4n) is 3.91. The van der Waals surface area contributed by atoms with E-state index >= 15 is 0 Å². The van der Waals surface area contributed by atoms with Crippen LogP contribution in [0.1, 0.15) is 18.1 Å². The highest BCUT2D eigenvalue weighted by Crippen LogP contribution is 2.28. The Morgan fingerprint density at radius 2 is 1.76 bits per heavy atom. The number of carbonyl (C=O) groups excluding carboxylic acids is 1. The third-order valence-corrected chi connectivity index (χ3v) is 6.81. The quantitative estimate of drug-likeness (QED) is 0.362. The third-order valence-electron chi connectivity index (χ3n) is 5.72. The number of nitriles is 1. The first-order valence-electron chi connectivity index (χ1n) is 12.1. The largest absolute Gasteiger partial charge is 0.493 e. The first-order chi connectivity index (χ1) is 18.5. The topological polar surface area (TPSA) is 93.4 Å². The van der Waals surface area contributed by atoms with Gasteiger partial charge in [-0.25, -0.2) is 0 Å². The number of carbonyl (C=O) groups is 1. The molecule has 4 aromatic rings. The van der Waals surface area contributed by atoms with Crippen molar-refractivity contribution < 1.29 is 14.3 Å². The van der Waals surface area contributed by atoms with Crippen LogP contribution in [-0.2, 0) is 11.2 Å². The second-order valence-corrected chi connectivity index (χ2v) is 9.24. The smallest absolute Gasteiger partial charge is 0.273 e. The molecule has 0 saturated heterocycles. The number of ether oxygens (including phenoxy) is 2. The van der Waals surface area contributed by atoms with Gasteiger partial charge in [-0.15, -0.1) is 11.3 Å². The van der Waals surface area contributed by atoms with Crippen LogP contribution in [0, 0.1) is 11.3 Å². The fourth-order valence-corrected chi connectivity index (χ4v) is 5.01. The molecular weight excluding hydrogens is 498 g/mol. The van der Waals surface area contributed by atoms with E-state index in [9.17, 15) is 14.9 Å². The number of hydrogen-bond donors (Lipinski definition) is 1. The highest BCUT2D eigenvalue weighted by atomic mass is 32.1. The van der Waals surface area contributed by atoms with Crippen LogP contribution in [0.15, 0.2) is 83.7 Å². The summed E-state index contributed by atoms with van der Waals surface area (Å²) < 4.78 is 13.1. The van der Waals surface area contributed by atoms with E-state index in [1.807, 2.05) is 55.5 Å². The third kappa shape index (κ3) is 6.02. The molecule has 0 unspecified atom stereocenters. The van der Waals surface area contributed by atoms with Gasteiger partial charge in [0.25, 0.3) is 11.5 Å². The molecule has 0 radical (unpaired) electrons. The second-order valence-electron chi connectivity index (χ2n) is 8.21. The van der Waals surface area contributed by atoms with Crippen molar-refractivity contribution in [1.29, 1.82) is 5.26 Å². The lowest BCUT2D eigenvalue weighted by Crippen LogP contribution is -2.34. The molecule has 0 spiro atoms. The maximum atomic E-state index is 13.6. The standard InChI is InChI=1S/C30H27N3O4S/c1-3-37-25-15-14-22(18-26(25)36-2)19-27-29(35)33(23-12-8-5-9-13-23)30(38-27)24(20-31)28(34)32-17-16-21-10-6-4-7-11-21/h4-15,18-19H,3,16-17H2,1-2H3,(H,32,34)/b27-19-,30-24+. The van der Waals surface area contributed by atoms with Gasteiger partial charge in [0, 0.05) is 6.54 Å². The van der Waals surface area contributed by atoms with Crippen molar-refractivity contribution in [1.82, 2.24) is 9.88 Å². The van der Waals surface area contributed by atoms with Gasteiger partial charge in [-0.1, -0.05) is 54.6 Å². The molecule has 38 heavy (non-hydrogen) atoms. The Bertz CT molecular complexity index is 1630. The molecular formula is C30H27N3O4S. The van der Waals surface area contributed by atoms with Crippen LogP contribution in [0.2, 0.25) is 0 Å². The van der Waals surface area contributed by atoms with E-state index in [1.54, 1.807) is 49.6 Å². The second kappa shape index (κ2) is 12.6. The first kappa shape index (κ1) is 26.5. The highest BCUT2D eigenvalue weighted by molar-refractivity contribution is 7.07. The molecule has 192 valence electrons. The van der Waals surface area contributed by atoms with Gasteiger partial charge in [0.1, 0.15) is 10.7 Å². The maximum absolute atomic E-state index is 13.6. The van der Waals surface area contributed by atoms with Crippen LogP contribution in [0.4, 0.5) is 0 Å². The van der Waals surface area contributed by atoms with Gasteiger partial charge >= 0.3 is 0 Å². The molecule has 0 atom stereocenters. The number of nitrogens with one attached hydrogen (secondary N) is 1. The van der Waals surface area contributed by atoms with E-state index in [1.165, 1.54) is 4.57 Å². The maximum Gasteiger partial charge on any atom is 0.273 e. The van der Waals surface area contributed by atoms with Crippen molar-refractivity contribution in [2.24, 2.45) is 0 Å². The van der Waals surface area contributed by atoms with Gasteiger partial charge < -0.3 is 14.8 Å². The lowest BCUT2D eigenvalue weighted by Gasteiger charge is -2.09. The van der Waals surface area contributed by atoms with Crippen molar-refractivity contribution >= 4 is 28.9 Å². The van der Waals surface area contributed by atoms with Crippen LogP contribution in [0.25, 0.3) is 17.3 Å². The molecule has 0 bridgehead atoms. The molecule has 1 amide bonds. The zero-order valence-corrected chi connectivity index (χ0v) is 22.0. The number of benzene rings is 3. The predicted molar refractivity (Wildman–Crippen MR) is 149 cm³/mol. The number of nitrogens with zero attached hydrogens (tertiary/aromatic N) is 2. The monoisotopic (exact) mass is 525 g/mol. The lowest BCUT2D eigenvalue weighted by atomic mass is 10.1. The molecule has 3 aromatic carbocycles. The molecule has 0 aliphatic heterocycles. The Morgan fingerprint density at radius 3 is 2.42 bits per heavy atom. The van der Waals surface area contributed by atoms with Gasteiger partial charge in [-0.2, -0.15) is 5.26 Å². The van der Waals surface area contributed by atoms with E-state index in [0.29, 0.717) is 41.3 Å². The van der Waals surface area contributed by atoms with Gasteiger partial charge in [0.2, 0.25) is 0 Å². The number of thiazole rings is 1. The summed E-state index contributed by atoms with van der Waals surface area (Å²) in [6.45, 7) is 2.75. The van der Waals surface area contributed by atoms with Crippen molar-refractivity contribution in [3.8, 4) is 23.3 Å². The average Bonchev–Trinajstić information content (AvgIpc) is 3.26. The number of amides is 1. The number of aromatic nitrogens is 1. The molecule has 0 fully saturated rings. The minimum absolute atomic E-state index is 0.118. The van der Waals surface area contributed by atoms with Crippen LogP contribution in [0.3, 0.4) is 0 Å². The Hall–Kier alpha value is -4.61. The van der Waals surface area contributed by atoms with E-state index in [2.05, 4.69) is 5.32 Å². The van der Waals surface area contributed by atoms with Crippen molar-refractivity contribution in [2.75, 3.05) is 20.3 Å². The highest BCUT2D eigenvalue weighted by Gasteiger charge is 2.17. The predicted octanol–water partition coefficient (Wildman–Crippen LogP) is 3.17. The average molecular weight is 526 g/mol. The minimum atomic E-state index is -0.524. The van der Waals surface area contributed by atoms with E-state index in [0.717, 1.165) is 22.5 Å². The van der Waals surface area contributed by atoms with Crippen LogP contribution < -0.4 is 29.5 Å². The molecule has 0 aliphatic carbocycles. The molecule has 1 aromatic heterocycles. The Kier molecular flexibility index (Phi) is 8.75. The number of para-hydroxylation sites is 1. The van der Waals surface area contributed by atoms with Crippen molar-refractivity contribution in [3.05, 3.63) is 110 Å². The first-order valence-corrected chi connectivity index (χ1v) is 12.9. The summed E-state index contributed by atoms with van der Waals surface area (Å²) in [6, 6.07) is 26.1. The van der Waals surface area contributed by atoms with Crippen molar-refractivity contribution in [2.45, 2.75) is 13.3 Å². The fraction of sp³-hybridized carbons (Fsp3) is 0.167. The normalized spacial score (nSPS) is 12.0. The molecule has 4 rings (SSSR count). The molecule has 0 aliphatic rings. The van der Waals surface area contributed by atoms with E-state index < -0.39 is 5.91 Å². The number of hydrogen-bond acceptors (Lipinski definition) is 6. The van der Waals surface area contributed by atoms with Crippen molar-refractivity contribution in [3.63, 3.8) is 0 Å². The van der Waals surface area contributed by atoms with Gasteiger partial charge in [-0.05, 0) is 54.8 Å². The summed E-state index contributed by atoms with van der Waals surface area (Å²) in [6.07, 6.45) is 2.34. The Labute approximate surface area is 224 Å². The molecule has 1 N–H and O–H groups in total. The van der Waals surface area contributed by atoms with Crippen LogP contribution in [-0.4, -0.2) is 30.7 Å². The molecule has 0 saturated carbocycles. The summed E-state index contributed by atoms with van der Waals surface area (Å²) in [5.41, 5.74) is 1.92. The zero-order chi connectivity index (χ0) is 26.9. The van der Waals surface area contributed by atoms with Crippen LogP contribution in [0.5, 0.6) is 11.5 Å². The van der Waals surface area contributed by atoms with E-state index in [-0.39, 0.29) is 15.8 Å². The SMILES string of the molecule is CCOc1ccc(/C=c2\s/c(=C(\C#N)C(=O)NCCc3ccccc3)n(-c3ccccc3)c2=O)cc1OC. The lowest BCUT2D eigenvalue weighted by molar-refractivity contribution is -0.115. The summed E-state index contributed by atoms with van der Waals surface area (Å²) in [5.74, 6) is 0.625. The summed E-state index contributed by atoms with van der Waals surface area (Å²) in [5, 5.41) is 12.8. The van der Waals surface area contributed by atoms with Gasteiger partial charge in [0.05, 0.1) is 23.9 Å². The zero-order valence-electron chi connectivity index (χ0n) is 21.1. The summed E-state index contributed by atoms with van der Waals surface area (Å²) in [7, 11) is 1.55. The molecule has 8 heteroatoms. The van der Waals surface area contributed by atoms with Gasteiger partial charge in [0.15, 0.2) is 17.1 Å². The molecule has 1 heterocycles. The number of rotatable bonds is 9. The molecule has 7 nitrogen and oxygen atoms in total. The van der Waals surface area contributed by atoms with Crippen LogP contribution >= 0.6 is 11.3 Å². The summed E-state index contributed by atoms with van der Waals surface area (Å²) >= 11 is 1.10. The van der Waals surface area contributed by atoms with E-state index in [4.69, 9.17) is 9.47 Å². The summed E-state index contributed by atoms with van der Waals surface area (Å²) in [4.78, 5) is 26.7. The van der Waals surface area contributed by atoms with Gasteiger partial charge in [-0.3, -0.25) is 14.2 Å². The minimum Gasteiger partial charge on any atom is -0.493 e. The Morgan fingerprint density at radius 1 is 1.05 bits per heavy atom. The Balaban J connectivity index is 1.80.